The molecule has 1 aromatic rings. The Kier molecular flexibility index (Phi) is 2.75. The number of fused-ring (bicyclic) bond motifs is 1. The minimum atomic E-state index is -1.70. The van der Waals surface area contributed by atoms with Crippen LogP contribution in [0.25, 0.3) is 0 Å². The van der Waals surface area contributed by atoms with Gasteiger partial charge in [-0.25, -0.2) is 9.59 Å². The summed E-state index contributed by atoms with van der Waals surface area (Å²) in [6.45, 7) is 0. The molecule has 5 heteroatoms. The highest BCUT2D eigenvalue weighted by Gasteiger charge is 2.55. The Morgan fingerprint density at radius 1 is 1.18 bits per heavy atom. The van der Waals surface area contributed by atoms with Crippen molar-refractivity contribution in [3.63, 3.8) is 0 Å². The van der Waals surface area contributed by atoms with Gasteiger partial charge in [0.2, 0.25) is 0 Å². The monoisotopic (exact) mass is 236 g/mol. The first-order valence-electron chi connectivity index (χ1n) is 5.08. The number of hydrogen-bond donors (Lipinski definition) is 0. The van der Waals surface area contributed by atoms with Gasteiger partial charge in [-0.2, -0.15) is 0 Å². The predicted octanol–water partition coefficient (Wildman–Crippen LogP) is 0.706. The topological polar surface area (TPSA) is 61.8 Å². The van der Waals surface area contributed by atoms with E-state index >= 15 is 0 Å². The van der Waals surface area contributed by atoms with E-state index in [-0.39, 0.29) is 6.42 Å². The SMILES string of the molecule is COC(=O)C1(C(=O)OC)Cc2ccccc2O1. The molecule has 17 heavy (non-hydrogen) atoms. The van der Waals surface area contributed by atoms with Crippen LogP contribution in [0.1, 0.15) is 5.56 Å². The van der Waals surface area contributed by atoms with Gasteiger partial charge in [-0.1, -0.05) is 18.2 Å². The number of methoxy groups -OCH3 is 2. The number of para-hydroxylation sites is 1. The van der Waals surface area contributed by atoms with Crippen molar-refractivity contribution in [1.29, 1.82) is 0 Å². The van der Waals surface area contributed by atoms with Gasteiger partial charge in [-0.15, -0.1) is 0 Å². The Hall–Kier alpha value is -2.04. The number of benzene rings is 1. The summed E-state index contributed by atoms with van der Waals surface area (Å²) in [6, 6.07) is 7.07. The molecule has 0 atom stereocenters. The third-order valence-electron chi connectivity index (χ3n) is 2.73. The highest BCUT2D eigenvalue weighted by Crippen LogP contribution is 2.36. The molecule has 0 radical (unpaired) electrons. The second kappa shape index (κ2) is 4.08. The lowest BCUT2D eigenvalue weighted by molar-refractivity contribution is -0.174. The first-order chi connectivity index (χ1) is 8.14. The summed E-state index contributed by atoms with van der Waals surface area (Å²) in [5.41, 5.74) is -0.920. The summed E-state index contributed by atoms with van der Waals surface area (Å²) in [6.07, 6.45) is 0.127. The van der Waals surface area contributed by atoms with Crippen LogP contribution in [0.4, 0.5) is 0 Å². The fourth-order valence-corrected chi connectivity index (χ4v) is 1.88. The first-order valence-corrected chi connectivity index (χ1v) is 5.08. The van der Waals surface area contributed by atoms with E-state index < -0.39 is 17.5 Å². The molecule has 1 aliphatic heterocycles. The van der Waals surface area contributed by atoms with E-state index in [4.69, 9.17) is 4.74 Å². The Morgan fingerprint density at radius 2 is 1.76 bits per heavy atom. The predicted molar refractivity (Wildman–Crippen MR) is 57.5 cm³/mol. The summed E-state index contributed by atoms with van der Waals surface area (Å²) >= 11 is 0. The van der Waals surface area contributed by atoms with Crippen molar-refractivity contribution < 1.29 is 23.8 Å². The number of esters is 2. The van der Waals surface area contributed by atoms with Crippen molar-refractivity contribution in [2.45, 2.75) is 12.0 Å². The first kappa shape index (κ1) is 11.4. The van der Waals surface area contributed by atoms with Gasteiger partial charge in [0.15, 0.2) is 0 Å². The molecule has 0 saturated heterocycles. The van der Waals surface area contributed by atoms with Crippen LogP contribution in [0.3, 0.4) is 0 Å². The minimum Gasteiger partial charge on any atom is -0.466 e. The molecule has 0 aliphatic carbocycles. The smallest absolute Gasteiger partial charge is 0.362 e. The summed E-state index contributed by atoms with van der Waals surface area (Å²) in [5, 5.41) is 0. The molecule has 1 aliphatic rings. The number of rotatable bonds is 2. The van der Waals surface area contributed by atoms with Crippen LogP contribution in [-0.4, -0.2) is 31.8 Å². The maximum Gasteiger partial charge on any atom is 0.362 e. The van der Waals surface area contributed by atoms with E-state index in [0.717, 1.165) is 5.56 Å². The third-order valence-corrected chi connectivity index (χ3v) is 2.73. The molecule has 0 N–H and O–H groups in total. The van der Waals surface area contributed by atoms with Gasteiger partial charge in [0.05, 0.1) is 14.2 Å². The van der Waals surface area contributed by atoms with Crippen LogP contribution >= 0.6 is 0 Å². The van der Waals surface area contributed by atoms with E-state index in [2.05, 4.69) is 9.47 Å². The second-order valence-electron chi connectivity index (χ2n) is 3.70. The number of carbonyl (C=O) groups excluding carboxylic acids is 2. The zero-order chi connectivity index (χ0) is 12.5. The normalized spacial score (nSPS) is 15.6. The van der Waals surface area contributed by atoms with E-state index in [1.807, 2.05) is 6.07 Å². The molecule has 0 amide bonds. The van der Waals surface area contributed by atoms with Crippen LogP contribution in [0.5, 0.6) is 5.75 Å². The zero-order valence-electron chi connectivity index (χ0n) is 9.56. The molecule has 0 saturated carbocycles. The quantitative estimate of drug-likeness (QED) is 0.559. The van der Waals surface area contributed by atoms with Crippen molar-refractivity contribution in [3.8, 4) is 5.75 Å². The van der Waals surface area contributed by atoms with Gasteiger partial charge >= 0.3 is 17.5 Å². The van der Waals surface area contributed by atoms with E-state index in [9.17, 15) is 9.59 Å². The molecule has 5 nitrogen and oxygen atoms in total. The fraction of sp³-hybridized carbons (Fsp3) is 0.333. The number of ether oxygens (including phenoxy) is 3. The Morgan fingerprint density at radius 3 is 2.29 bits per heavy atom. The van der Waals surface area contributed by atoms with Gasteiger partial charge in [0.1, 0.15) is 5.75 Å². The van der Waals surface area contributed by atoms with Crippen molar-refractivity contribution >= 4 is 11.9 Å². The van der Waals surface area contributed by atoms with Gasteiger partial charge in [0, 0.05) is 6.42 Å². The Labute approximate surface area is 98.3 Å². The minimum absolute atomic E-state index is 0.127. The van der Waals surface area contributed by atoms with Gasteiger partial charge in [-0.05, 0) is 11.6 Å². The lowest BCUT2D eigenvalue weighted by atomic mass is 9.97. The van der Waals surface area contributed by atoms with Crippen LogP contribution in [0, 0.1) is 0 Å². The number of hydrogen-bond acceptors (Lipinski definition) is 5. The molecule has 0 unspecified atom stereocenters. The molecule has 90 valence electrons. The van der Waals surface area contributed by atoms with E-state index in [1.54, 1.807) is 18.2 Å². The van der Waals surface area contributed by atoms with Crippen molar-refractivity contribution in [2.75, 3.05) is 14.2 Å². The average Bonchev–Trinajstić information content (AvgIpc) is 2.77. The summed E-state index contributed by atoms with van der Waals surface area (Å²) in [7, 11) is 2.42. The molecular weight excluding hydrogens is 224 g/mol. The van der Waals surface area contributed by atoms with E-state index in [0.29, 0.717) is 5.75 Å². The average molecular weight is 236 g/mol. The largest absolute Gasteiger partial charge is 0.466 e. The van der Waals surface area contributed by atoms with Crippen molar-refractivity contribution in [3.05, 3.63) is 29.8 Å². The van der Waals surface area contributed by atoms with Gasteiger partial charge in [-0.3, -0.25) is 0 Å². The lowest BCUT2D eigenvalue weighted by Gasteiger charge is -2.22. The molecule has 1 aromatic carbocycles. The third kappa shape index (κ3) is 1.63. The maximum atomic E-state index is 11.8. The van der Waals surface area contributed by atoms with Crippen LogP contribution < -0.4 is 4.74 Å². The number of carbonyl (C=O) groups is 2. The van der Waals surface area contributed by atoms with Crippen LogP contribution in [0.2, 0.25) is 0 Å². The van der Waals surface area contributed by atoms with E-state index in [1.165, 1.54) is 14.2 Å². The van der Waals surface area contributed by atoms with Crippen LogP contribution in [-0.2, 0) is 25.5 Å². The summed E-state index contributed by atoms with van der Waals surface area (Å²) in [4.78, 5) is 23.5. The standard InChI is InChI=1S/C12H12O5/c1-15-10(13)12(11(14)16-2)7-8-5-3-4-6-9(8)17-12/h3-6H,7H2,1-2H3. The fourth-order valence-electron chi connectivity index (χ4n) is 1.88. The molecule has 0 aromatic heterocycles. The van der Waals surface area contributed by atoms with Crippen molar-refractivity contribution in [2.24, 2.45) is 0 Å². The Balaban J connectivity index is 2.41. The summed E-state index contributed by atoms with van der Waals surface area (Å²) < 4.78 is 14.7. The zero-order valence-corrected chi connectivity index (χ0v) is 9.56. The highest BCUT2D eigenvalue weighted by molar-refractivity contribution is 6.05. The maximum absolute atomic E-state index is 11.8. The molecule has 2 rings (SSSR count). The molecular formula is C12H12O5. The van der Waals surface area contributed by atoms with Gasteiger partial charge < -0.3 is 14.2 Å². The molecule has 0 bridgehead atoms. The summed E-state index contributed by atoms with van der Waals surface area (Å²) in [5.74, 6) is -0.996. The van der Waals surface area contributed by atoms with Crippen LogP contribution in [0.15, 0.2) is 24.3 Å². The second-order valence-corrected chi connectivity index (χ2v) is 3.70. The van der Waals surface area contributed by atoms with Gasteiger partial charge in [0.25, 0.3) is 0 Å². The van der Waals surface area contributed by atoms with Crippen molar-refractivity contribution in [1.82, 2.24) is 0 Å². The molecule has 0 fully saturated rings. The molecule has 0 spiro atoms. The lowest BCUT2D eigenvalue weighted by Crippen LogP contribution is -2.52. The highest BCUT2D eigenvalue weighted by atomic mass is 16.6. The molecule has 1 heterocycles. The Bertz CT molecular complexity index is 423.